The number of carbonyl (C=O) groups is 1. The second-order valence-corrected chi connectivity index (χ2v) is 4.50. The van der Waals surface area contributed by atoms with Crippen molar-refractivity contribution in [3.8, 4) is 0 Å². The minimum Gasteiger partial charge on any atom is -0.478 e. The van der Waals surface area contributed by atoms with Gasteiger partial charge in [-0.05, 0) is 49.2 Å². The quantitative estimate of drug-likeness (QED) is 0.736. The summed E-state index contributed by atoms with van der Waals surface area (Å²) in [6.45, 7) is 4.07. The molecule has 0 amide bonds. The van der Waals surface area contributed by atoms with Crippen LogP contribution in [0.2, 0.25) is 0 Å². The number of aryl methyl sites for hydroxylation is 2. The van der Waals surface area contributed by atoms with Gasteiger partial charge in [0, 0.05) is 5.69 Å². The molecule has 0 aliphatic heterocycles. The molecule has 0 aromatic heterocycles. The molecule has 4 heteroatoms. The molecule has 0 bridgehead atoms. The van der Waals surface area contributed by atoms with E-state index in [9.17, 15) is 4.79 Å². The van der Waals surface area contributed by atoms with Crippen LogP contribution < -0.4 is 11.1 Å². The zero-order valence-corrected chi connectivity index (χ0v) is 10.9. The summed E-state index contributed by atoms with van der Waals surface area (Å²) in [7, 11) is 0. The predicted octanol–water partition coefficient (Wildman–Crippen LogP) is 3.33. The first kappa shape index (κ1) is 13.0. The first-order chi connectivity index (χ1) is 8.99. The first-order valence-electron chi connectivity index (χ1n) is 5.95. The molecular weight excluding hydrogens is 240 g/mol. The van der Waals surface area contributed by atoms with Gasteiger partial charge in [0.05, 0.1) is 16.9 Å². The van der Waals surface area contributed by atoms with E-state index in [4.69, 9.17) is 10.8 Å². The number of benzene rings is 2. The Kier molecular flexibility index (Phi) is 3.42. The molecule has 2 aromatic rings. The van der Waals surface area contributed by atoms with Gasteiger partial charge < -0.3 is 16.2 Å². The average Bonchev–Trinajstić information content (AvgIpc) is 2.36. The van der Waals surface area contributed by atoms with Crippen molar-refractivity contribution in [3.05, 3.63) is 53.1 Å². The Hall–Kier alpha value is -2.49. The van der Waals surface area contributed by atoms with Crippen molar-refractivity contribution >= 4 is 23.0 Å². The van der Waals surface area contributed by atoms with Crippen LogP contribution in [0.5, 0.6) is 0 Å². The number of anilines is 3. The maximum absolute atomic E-state index is 11.0. The van der Waals surface area contributed by atoms with Gasteiger partial charge >= 0.3 is 5.97 Å². The standard InChI is InChI=1S/C15H16N2O2/c1-9-6-7-11(8-10(9)2)17-13-5-3-4-12(14(13)16)15(18)19/h3-8,17H,16H2,1-2H3,(H,18,19). The molecule has 98 valence electrons. The Balaban J connectivity index is 2.35. The zero-order valence-electron chi connectivity index (χ0n) is 10.9. The summed E-state index contributed by atoms with van der Waals surface area (Å²) in [6, 6.07) is 10.9. The van der Waals surface area contributed by atoms with E-state index in [1.54, 1.807) is 12.1 Å². The van der Waals surface area contributed by atoms with Crippen LogP contribution in [-0.4, -0.2) is 11.1 Å². The van der Waals surface area contributed by atoms with E-state index >= 15 is 0 Å². The molecular formula is C15H16N2O2. The van der Waals surface area contributed by atoms with Crippen molar-refractivity contribution in [2.45, 2.75) is 13.8 Å². The maximum Gasteiger partial charge on any atom is 0.337 e. The van der Waals surface area contributed by atoms with E-state index in [0.717, 1.165) is 11.3 Å². The summed E-state index contributed by atoms with van der Waals surface area (Å²) in [5.41, 5.74) is 10.1. The summed E-state index contributed by atoms with van der Waals surface area (Å²) >= 11 is 0. The molecule has 0 heterocycles. The third kappa shape index (κ3) is 2.68. The van der Waals surface area contributed by atoms with Crippen LogP contribution in [0.15, 0.2) is 36.4 Å². The van der Waals surface area contributed by atoms with E-state index in [0.29, 0.717) is 5.69 Å². The van der Waals surface area contributed by atoms with Gasteiger partial charge in [-0.25, -0.2) is 4.79 Å². The number of rotatable bonds is 3. The van der Waals surface area contributed by atoms with Gasteiger partial charge in [0.25, 0.3) is 0 Å². The molecule has 0 atom stereocenters. The molecule has 2 rings (SSSR count). The monoisotopic (exact) mass is 256 g/mol. The third-order valence-corrected chi connectivity index (χ3v) is 3.12. The van der Waals surface area contributed by atoms with E-state index in [1.165, 1.54) is 11.6 Å². The highest BCUT2D eigenvalue weighted by Gasteiger charge is 2.11. The van der Waals surface area contributed by atoms with Gasteiger partial charge in [-0.15, -0.1) is 0 Å². The Labute approximate surface area is 111 Å². The molecule has 4 nitrogen and oxygen atoms in total. The topological polar surface area (TPSA) is 75.3 Å². The number of carboxylic acids is 1. The lowest BCUT2D eigenvalue weighted by atomic mass is 10.1. The number of hydrogen-bond donors (Lipinski definition) is 3. The van der Waals surface area contributed by atoms with Gasteiger partial charge in [0.15, 0.2) is 0 Å². The lowest BCUT2D eigenvalue weighted by Crippen LogP contribution is -2.05. The highest BCUT2D eigenvalue weighted by molar-refractivity contribution is 5.97. The van der Waals surface area contributed by atoms with Crippen LogP contribution in [-0.2, 0) is 0 Å². The van der Waals surface area contributed by atoms with Crippen molar-refractivity contribution < 1.29 is 9.90 Å². The molecule has 0 saturated carbocycles. The molecule has 2 aromatic carbocycles. The lowest BCUT2D eigenvalue weighted by Gasteiger charge is -2.12. The van der Waals surface area contributed by atoms with E-state index in [2.05, 4.69) is 5.32 Å². The van der Waals surface area contributed by atoms with Crippen LogP contribution >= 0.6 is 0 Å². The number of carboxylic acid groups (broad SMARTS) is 1. The number of aromatic carboxylic acids is 1. The summed E-state index contributed by atoms with van der Waals surface area (Å²) in [5.74, 6) is -1.03. The third-order valence-electron chi connectivity index (χ3n) is 3.12. The van der Waals surface area contributed by atoms with Gasteiger partial charge in [-0.1, -0.05) is 12.1 Å². The average molecular weight is 256 g/mol. The number of nitrogen functional groups attached to an aromatic ring is 1. The van der Waals surface area contributed by atoms with Crippen LogP contribution in [0.1, 0.15) is 21.5 Å². The first-order valence-corrected chi connectivity index (χ1v) is 5.95. The second-order valence-electron chi connectivity index (χ2n) is 4.50. The van der Waals surface area contributed by atoms with Crippen LogP contribution in [0.4, 0.5) is 17.1 Å². The smallest absolute Gasteiger partial charge is 0.337 e. The number of nitrogens with one attached hydrogen (secondary N) is 1. The zero-order chi connectivity index (χ0) is 14.0. The van der Waals surface area contributed by atoms with Crippen LogP contribution in [0.3, 0.4) is 0 Å². The molecule has 4 N–H and O–H groups in total. The van der Waals surface area contributed by atoms with Crippen LogP contribution in [0, 0.1) is 13.8 Å². The molecule has 0 fully saturated rings. The van der Waals surface area contributed by atoms with E-state index < -0.39 is 5.97 Å². The molecule has 0 aliphatic carbocycles. The fourth-order valence-electron chi connectivity index (χ4n) is 1.84. The molecule has 0 spiro atoms. The normalized spacial score (nSPS) is 10.2. The molecule has 0 unspecified atom stereocenters. The van der Waals surface area contributed by atoms with Gasteiger partial charge in [-0.2, -0.15) is 0 Å². The summed E-state index contributed by atoms with van der Waals surface area (Å²) in [5, 5.41) is 12.2. The number of hydrogen-bond acceptors (Lipinski definition) is 3. The Morgan fingerprint density at radius 3 is 2.53 bits per heavy atom. The lowest BCUT2D eigenvalue weighted by molar-refractivity contribution is 0.0698. The van der Waals surface area contributed by atoms with Crippen molar-refractivity contribution in [1.82, 2.24) is 0 Å². The number of nitrogens with two attached hydrogens (primary N) is 1. The van der Waals surface area contributed by atoms with Crippen molar-refractivity contribution in [2.75, 3.05) is 11.1 Å². The fraction of sp³-hybridized carbons (Fsp3) is 0.133. The van der Waals surface area contributed by atoms with Crippen molar-refractivity contribution in [1.29, 1.82) is 0 Å². The highest BCUT2D eigenvalue weighted by atomic mass is 16.4. The van der Waals surface area contributed by atoms with Crippen molar-refractivity contribution in [3.63, 3.8) is 0 Å². The van der Waals surface area contributed by atoms with Gasteiger partial charge in [0.1, 0.15) is 0 Å². The fourth-order valence-corrected chi connectivity index (χ4v) is 1.84. The summed E-state index contributed by atoms with van der Waals surface area (Å²) < 4.78 is 0. The minimum absolute atomic E-state index is 0.105. The summed E-state index contributed by atoms with van der Waals surface area (Å²) in [4.78, 5) is 11.0. The second kappa shape index (κ2) is 5.02. The Bertz CT molecular complexity index is 636. The van der Waals surface area contributed by atoms with Gasteiger partial charge in [-0.3, -0.25) is 0 Å². The predicted molar refractivity (Wildman–Crippen MR) is 77.0 cm³/mol. The number of para-hydroxylation sites is 1. The van der Waals surface area contributed by atoms with E-state index in [-0.39, 0.29) is 11.3 Å². The molecule has 19 heavy (non-hydrogen) atoms. The molecule has 0 aliphatic rings. The summed E-state index contributed by atoms with van der Waals surface area (Å²) in [6.07, 6.45) is 0. The maximum atomic E-state index is 11.0. The van der Waals surface area contributed by atoms with Crippen LogP contribution in [0.25, 0.3) is 0 Å². The largest absolute Gasteiger partial charge is 0.478 e. The van der Waals surface area contributed by atoms with E-state index in [1.807, 2.05) is 32.0 Å². The molecule has 0 saturated heterocycles. The molecule has 0 radical (unpaired) electrons. The Morgan fingerprint density at radius 2 is 1.89 bits per heavy atom. The minimum atomic E-state index is -1.03. The van der Waals surface area contributed by atoms with Gasteiger partial charge in [0.2, 0.25) is 0 Å². The van der Waals surface area contributed by atoms with Crippen molar-refractivity contribution in [2.24, 2.45) is 0 Å². The highest BCUT2D eigenvalue weighted by Crippen LogP contribution is 2.27. The Morgan fingerprint density at radius 1 is 1.16 bits per heavy atom. The SMILES string of the molecule is Cc1ccc(Nc2cccc(C(=O)O)c2N)cc1C.